The first-order chi connectivity index (χ1) is 57.0. The number of hydrogen-bond donors (Lipinski definition) is 0. The minimum absolute atomic E-state index is 0.00835. The van der Waals surface area contributed by atoms with Crippen molar-refractivity contribution < 1.29 is 9.31 Å². The average Bonchev–Trinajstić information content (AvgIpc) is 1.53. The number of rotatable bonds is 6. The third kappa shape index (κ3) is 12.5. The van der Waals surface area contributed by atoms with Crippen LogP contribution in [0.5, 0.6) is 0 Å². The van der Waals surface area contributed by atoms with Gasteiger partial charge in [-0.05, 0) is 271 Å². The van der Waals surface area contributed by atoms with Crippen LogP contribution >= 0.6 is 15.9 Å². The molecule has 0 bridgehead atoms. The molecule has 16 aromatic rings. The molecule has 4 aliphatic carbocycles. The topological polar surface area (TPSA) is 18.5 Å². The van der Waals surface area contributed by atoms with E-state index in [2.05, 4.69) is 446 Å². The fraction of sp³-hybridized carbons (Fsp3) is 0.241. The minimum atomic E-state index is -0.422. The summed E-state index contributed by atoms with van der Waals surface area (Å²) in [5, 5.41) is 10.3. The van der Waals surface area contributed by atoms with Crippen molar-refractivity contribution in [1.82, 2.24) is 0 Å². The van der Waals surface area contributed by atoms with Gasteiger partial charge in [0.1, 0.15) is 0 Å². The second-order valence-electron chi connectivity index (χ2n) is 40.6. The highest BCUT2D eigenvalue weighted by Crippen LogP contribution is 2.63. The number of benzene rings is 16. The standard InChI is InChI=1S/C55H48.C38H31BO2.C23H29Br/c1-53(2,3)35-26-27-41-45(31-35)55(7,8)46-32-36(54(4,5)6)30-44(50(41)46)37-28-29-43-49-38(37)24-17-25-42(49)51-47(33-18-11-9-12-19-33)39-22-15-16-23-40(39)48(52(43)51)34-20-13-10-14-21-34;1-37(2)38(3,4)41-39(40-37)31-23-22-30-34-28(31)20-13-21-29(34)35-32(24-14-7-5-8-15-24)26-18-11-12-19-27(26)33(36(30)35)25-16-9-6-10-17-25;1-21(2,3)14-9-10-16-17(11-14)23(7,8)18-12-15(22(4,5)6)13-19(24)20(16)18/h9-32H,1-8H3;5-23H,1-4H3;9-13H,1-8H3. The van der Waals surface area contributed by atoms with Gasteiger partial charge in [-0.15, -0.1) is 0 Å². The fourth-order valence-electron chi connectivity index (χ4n) is 20.3. The second-order valence-corrected chi connectivity index (χ2v) is 41.4. The first-order valence-electron chi connectivity index (χ1n) is 43.2. The van der Waals surface area contributed by atoms with Gasteiger partial charge in [0.15, 0.2) is 0 Å². The van der Waals surface area contributed by atoms with Crippen LogP contribution in [0, 0.1) is 0 Å². The molecule has 0 radical (unpaired) electrons. The largest absolute Gasteiger partial charge is 0.495 e. The maximum absolute atomic E-state index is 6.56. The Hall–Kier alpha value is -11.0. The summed E-state index contributed by atoms with van der Waals surface area (Å²) >= 11 is 3.87. The molecule has 21 rings (SSSR count). The van der Waals surface area contributed by atoms with E-state index in [-0.39, 0.29) is 32.5 Å². The Kier molecular flexibility index (Phi) is 18.4. The molecule has 0 saturated carbocycles. The molecule has 1 aliphatic heterocycles. The molecule has 1 heterocycles. The van der Waals surface area contributed by atoms with Gasteiger partial charge in [0.05, 0.1) is 11.2 Å². The van der Waals surface area contributed by atoms with E-state index in [0.29, 0.717) is 0 Å². The van der Waals surface area contributed by atoms with Crippen LogP contribution in [-0.2, 0) is 41.8 Å². The van der Waals surface area contributed by atoms with E-state index in [9.17, 15) is 0 Å². The molecule has 120 heavy (non-hydrogen) atoms. The maximum atomic E-state index is 6.56. The maximum Gasteiger partial charge on any atom is 0.495 e. The molecule has 16 aromatic carbocycles. The normalized spacial score (nSPS) is 15.2. The molecule has 0 aromatic heterocycles. The van der Waals surface area contributed by atoms with Crippen LogP contribution in [0.25, 0.3) is 165 Å². The molecule has 1 saturated heterocycles. The molecule has 5 aliphatic rings. The summed E-state index contributed by atoms with van der Waals surface area (Å²) in [6.45, 7) is 45.8. The van der Waals surface area contributed by atoms with Gasteiger partial charge < -0.3 is 9.31 Å². The summed E-state index contributed by atoms with van der Waals surface area (Å²) in [7, 11) is -0.422. The zero-order valence-electron chi connectivity index (χ0n) is 73.5. The molecule has 0 unspecified atom stereocenters. The molecule has 4 heteroatoms. The minimum Gasteiger partial charge on any atom is -0.399 e. The lowest BCUT2D eigenvalue weighted by Crippen LogP contribution is -2.41. The Bertz CT molecular complexity index is 6710. The molecule has 594 valence electrons. The van der Waals surface area contributed by atoms with Crippen molar-refractivity contribution in [3.05, 3.63) is 340 Å². The predicted octanol–water partition coefficient (Wildman–Crippen LogP) is 32.2. The molecule has 1 fully saturated rings. The van der Waals surface area contributed by atoms with E-state index in [1.165, 1.54) is 214 Å². The third-order valence-corrected chi connectivity index (χ3v) is 28.3. The Balaban J connectivity index is 0.000000129. The summed E-state index contributed by atoms with van der Waals surface area (Å²) in [6.07, 6.45) is 0. The molecular formula is C116H108BBrO2. The van der Waals surface area contributed by atoms with Gasteiger partial charge in [-0.25, -0.2) is 0 Å². The summed E-state index contributed by atoms with van der Waals surface area (Å²) in [5.74, 6) is 0. The summed E-state index contributed by atoms with van der Waals surface area (Å²) < 4.78 is 14.3. The molecule has 0 N–H and O–H groups in total. The summed E-state index contributed by atoms with van der Waals surface area (Å²) in [4.78, 5) is 0. The van der Waals surface area contributed by atoms with Gasteiger partial charge in [-0.2, -0.15) is 0 Å². The van der Waals surface area contributed by atoms with Gasteiger partial charge in [0.25, 0.3) is 0 Å². The highest BCUT2D eigenvalue weighted by Gasteiger charge is 2.53. The number of halogens is 1. The smallest absolute Gasteiger partial charge is 0.399 e. The predicted molar refractivity (Wildman–Crippen MR) is 519 cm³/mol. The van der Waals surface area contributed by atoms with Crippen molar-refractivity contribution in [1.29, 1.82) is 0 Å². The van der Waals surface area contributed by atoms with Crippen molar-refractivity contribution in [2.45, 2.75) is 182 Å². The molecule has 2 nitrogen and oxygen atoms in total. The van der Waals surface area contributed by atoms with Crippen LogP contribution < -0.4 is 5.46 Å². The monoisotopic (exact) mass is 1620 g/mol. The molecule has 0 amide bonds. The van der Waals surface area contributed by atoms with E-state index in [0.717, 1.165) is 5.46 Å². The molecule has 0 spiro atoms. The van der Waals surface area contributed by atoms with Crippen molar-refractivity contribution in [3.63, 3.8) is 0 Å². The summed E-state index contributed by atoms with van der Waals surface area (Å²) in [5.41, 5.74) is 40.8. The van der Waals surface area contributed by atoms with Crippen molar-refractivity contribution in [2.24, 2.45) is 0 Å². The highest BCUT2D eigenvalue weighted by molar-refractivity contribution is 9.10. The molecular weight excluding hydrogens is 1520 g/mol. The lowest BCUT2D eigenvalue weighted by molar-refractivity contribution is 0.00578. The van der Waals surface area contributed by atoms with Crippen LogP contribution in [0.1, 0.15) is 183 Å². The Morgan fingerprint density at radius 3 is 0.925 bits per heavy atom. The van der Waals surface area contributed by atoms with Crippen LogP contribution in [-0.4, -0.2) is 18.3 Å². The van der Waals surface area contributed by atoms with E-state index in [4.69, 9.17) is 9.31 Å². The van der Waals surface area contributed by atoms with Gasteiger partial charge >= 0.3 is 7.12 Å². The zero-order chi connectivity index (χ0) is 84.0. The van der Waals surface area contributed by atoms with E-state index in [1.54, 1.807) is 0 Å². The van der Waals surface area contributed by atoms with Crippen LogP contribution in [0.4, 0.5) is 0 Å². The molecule has 0 atom stereocenters. The number of fused-ring (bicyclic) bond motifs is 14. The van der Waals surface area contributed by atoms with Crippen LogP contribution in [0.15, 0.2) is 296 Å². The number of hydrogen-bond acceptors (Lipinski definition) is 2. The quantitative estimate of drug-likeness (QED) is 0.155. The summed E-state index contributed by atoms with van der Waals surface area (Å²) in [6, 6.07) is 109. The first kappa shape index (κ1) is 78.8. The second kappa shape index (κ2) is 28.1. The van der Waals surface area contributed by atoms with E-state index < -0.39 is 18.3 Å². The van der Waals surface area contributed by atoms with Gasteiger partial charge in [-0.1, -0.05) is 406 Å². The SMILES string of the molecule is CC(C)(C)c1ccc2c(c1)C(C)(C)c1cc(C(C)(C)C)cc(-c3ccc4c5c(cccc35)-c3c-4c(-c4ccccc4)c4ccccc4c3-c3ccccc3)c1-2.CC(C)(C)c1ccc2c(c1)C(C)(C)c1cc(C(C)(C)C)cc(Br)c1-2.CC1(C)OB(c2ccc3c4c(cccc24)-c2c-3c(-c3ccccc3)c3ccccc3c2-c2ccccc2)OC1(C)C. The third-order valence-electron chi connectivity index (χ3n) is 27.6. The van der Waals surface area contributed by atoms with Crippen molar-refractivity contribution >= 4 is 71.6 Å². The van der Waals surface area contributed by atoms with E-state index >= 15 is 0 Å². The first-order valence-corrected chi connectivity index (χ1v) is 44.0. The Morgan fingerprint density at radius 1 is 0.233 bits per heavy atom. The fourth-order valence-corrected chi connectivity index (χ4v) is 21.0. The lowest BCUT2D eigenvalue weighted by atomic mass is 9.75. The van der Waals surface area contributed by atoms with Crippen LogP contribution in [0.3, 0.4) is 0 Å². The van der Waals surface area contributed by atoms with Crippen molar-refractivity contribution in [3.8, 4) is 122 Å². The Labute approximate surface area is 720 Å². The van der Waals surface area contributed by atoms with Gasteiger partial charge in [-0.3, -0.25) is 0 Å². The van der Waals surface area contributed by atoms with E-state index in [1.807, 2.05) is 0 Å². The van der Waals surface area contributed by atoms with Gasteiger partial charge in [0.2, 0.25) is 0 Å². The van der Waals surface area contributed by atoms with Crippen LogP contribution in [0.2, 0.25) is 0 Å². The highest BCUT2D eigenvalue weighted by atomic mass is 79.9. The lowest BCUT2D eigenvalue weighted by Gasteiger charge is -2.32. The van der Waals surface area contributed by atoms with Gasteiger partial charge in [0, 0.05) is 20.9 Å². The Morgan fingerprint density at radius 2 is 0.533 bits per heavy atom. The zero-order valence-corrected chi connectivity index (χ0v) is 75.1. The average molecular weight is 1620 g/mol. The van der Waals surface area contributed by atoms with Crippen molar-refractivity contribution in [2.75, 3.05) is 0 Å².